The second kappa shape index (κ2) is 7.44. The van der Waals surface area contributed by atoms with Crippen LogP contribution >= 0.6 is 0 Å². The summed E-state index contributed by atoms with van der Waals surface area (Å²) in [4.78, 5) is 8.79. The second-order valence-electron chi connectivity index (χ2n) is 6.51. The summed E-state index contributed by atoms with van der Waals surface area (Å²) >= 11 is 0. The van der Waals surface area contributed by atoms with Crippen molar-refractivity contribution in [1.82, 2.24) is 15.6 Å². The average molecular weight is 310 g/mol. The van der Waals surface area contributed by atoms with Crippen molar-refractivity contribution in [3.63, 3.8) is 0 Å². The van der Waals surface area contributed by atoms with Gasteiger partial charge in [-0.25, -0.2) is 0 Å². The molecule has 0 spiro atoms. The van der Waals surface area contributed by atoms with Gasteiger partial charge < -0.3 is 10.6 Å². The number of pyridine rings is 1. The average Bonchev–Trinajstić information content (AvgIpc) is 2.60. The third-order valence-corrected chi connectivity index (χ3v) is 4.77. The number of aromatic nitrogens is 1. The van der Waals surface area contributed by atoms with Gasteiger partial charge in [0.25, 0.3) is 0 Å². The van der Waals surface area contributed by atoms with Gasteiger partial charge in [0.2, 0.25) is 0 Å². The van der Waals surface area contributed by atoms with Crippen molar-refractivity contribution in [2.75, 3.05) is 7.05 Å². The standard InChI is InChI=1S/C19H26N4/c1-14-7-9-16(10-8-14)23-19(20-2)22-13-15-11-12-21-18-6-4-3-5-17(15)18/h3-6,11-12,14,16H,7-10,13H2,1-2H3,(H2,20,22,23). The summed E-state index contributed by atoms with van der Waals surface area (Å²) in [6, 6.07) is 10.9. The van der Waals surface area contributed by atoms with Gasteiger partial charge in [-0.2, -0.15) is 0 Å². The fourth-order valence-corrected chi connectivity index (χ4v) is 3.28. The molecule has 1 saturated carbocycles. The first-order valence-electron chi connectivity index (χ1n) is 8.56. The Bertz CT molecular complexity index is 667. The molecule has 0 bridgehead atoms. The van der Waals surface area contributed by atoms with Crippen LogP contribution in [-0.2, 0) is 6.54 Å². The lowest BCUT2D eigenvalue weighted by molar-refractivity contribution is 0.329. The molecule has 0 unspecified atom stereocenters. The Morgan fingerprint density at radius 3 is 2.74 bits per heavy atom. The summed E-state index contributed by atoms with van der Waals surface area (Å²) in [6.45, 7) is 3.10. The maximum atomic E-state index is 4.42. The molecule has 1 fully saturated rings. The van der Waals surface area contributed by atoms with Crippen LogP contribution in [0, 0.1) is 5.92 Å². The summed E-state index contributed by atoms with van der Waals surface area (Å²) in [5.41, 5.74) is 2.28. The molecular formula is C19H26N4. The third kappa shape index (κ3) is 4.01. The minimum Gasteiger partial charge on any atom is -0.354 e. The van der Waals surface area contributed by atoms with Gasteiger partial charge in [-0.05, 0) is 49.3 Å². The predicted octanol–water partition coefficient (Wildman–Crippen LogP) is 3.48. The van der Waals surface area contributed by atoms with E-state index in [-0.39, 0.29) is 0 Å². The number of hydrogen-bond acceptors (Lipinski definition) is 2. The summed E-state index contributed by atoms with van der Waals surface area (Å²) in [6.07, 6.45) is 6.96. The number of guanidine groups is 1. The van der Waals surface area contributed by atoms with Gasteiger partial charge in [0.15, 0.2) is 5.96 Å². The van der Waals surface area contributed by atoms with Crippen LogP contribution in [0.4, 0.5) is 0 Å². The second-order valence-corrected chi connectivity index (χ2v) is 6.51. The van der Waals surface area contributed by atoms with Crippen LogP contribution < -0.4 is 10.6 Å². The maximum Gasteiger partial charge on any atom is 0.191 e. The Labute approximate surface area is 138 Å². The largest absolute Gasteiger partial charge is 0.354 e. The lowest BCUT2D eigenvalue weighted by Gasteiger charge is -2.28. The third-order valence-electron chi connectivity index (χ3n) is 4.77. The van der Waals surface area contributed by atoms with E-state index in [4.69, 9.17) is 0 Å². The molecule has 1 aliphatic rings. The van der Waals surface area contributed by atoms with Crippen molar-refractivity contribution in [2.24, 2.45) is 10.9 Å². The van der Waals surface area contributed by atoms with Gasteiger partial charge in [0, 0.05) is 31.2 Å². The highest BCUT2D eigenvalue weighted by molar-refractivity contribution is 5.83. The van der Waals surface area contributed by atoms with Gasteiger partial charge in [-0.1, -0.05) is 25.1 Å². The Hall–Kier alpha value is -2.10. The van der Waals surface area contributed by atoms with Crippen molar-refractivity contribution >= 4 is 16.9 Å². The molecular weight excluding hydrogens is 284 g/mol. The molecule has 0 amide bonds. The van der Waals surface area contributed by atoms with Crippen molar-refractivity contribution in [3.8, 4) is 0 Å². The van der Waals surface area contributed by atoms with E-state index in [0.29, 0.717) is 6.04 Å². The molecule has 0 radical (unpaired) electrons. The molecule has 3 rings (SSSR count). The van der Waals surface area contributed by atoms with E-state index in [9.17, 15) is 0 Å². The van der Waals surface area contributed by atoms with E-state index in [1.165, 1.54) is 36.6 Å². The fraction of sp³-hybridized carbons (Fsp3) is 0.474. The van der Waals surface area contributed by atoms with E-state index in [1.807, 2.05) is 19.3 Å². The first kappa shape index (κ1) is 15.8. The Morgan fingerprint density at radius 2 is 1.96 bits per heavy atom. The van der Waals surface area contributed by atoms with Crippen LogP contribution in [-0.4, -0.2) is 24.0 Å². The van der Waals surface area contributed by atoms with Crippen molar-refractivity contribution < 1.29 is 0 Å². The summed E-state index contributed by atoms with van der Waals surface area (Å²) in [7, 11) is 1.84. The van der Waals surface area contributed by atoms with Gasteiger partial charge in [0.1, 0.15) is 0 Å². The van der Waals surface area contributed by atoms with E-state index >= 15 is 0 Å². The van der Waals surface area contributed by atoms with Gasteiger partial charge in [0.05, 0.1) is 5.52 Å². The quantitative estimate of drug-likeness (QED) is 0.674. The summed E-state index contributed by atoms with van der Waals surface area (Å²) in [5.74, 6) is 1.76. The molecule has 0 saturated heterocycles. The highest BCUT2D eigenvalue weighted by Gasteiger charge is 2.18. The highest BCUT2D eigenvalue weighted by Crippen LogP contribution is 2.23. The smallest absolute Gasteiger partial charge is 0.191 e. The first-order chi connectivity index (χ1) is 11.3. The van der Waals surface area contributed by atoms with E-state index in [2.05, 4.69) is 51.8 Å². The molecule has 0 aliphatic heterocycles. The molecule has 2 aromatic rings. The molecule has 1 heterocycles. The normalized spacial score (nSPS) is 22.1. The fourth-order valence-electron chi connectivity index (χ4n) is 3.28. The molecule has 4 heteroatoms. The number of para-hydroxylation sites is 1. The Balaban J connectivity index is 1.61. The van der Waals surface area contributed by atoms with E-state index < -0.39 is 0 Å². The zero-order valence-electron chi connectivity index (χ0n) is 14.0. The van der Waals surface area contributed by atoms with Crippen LogP contribution in [0.25, 0.3) is 10.9 Å². The zero-order chi connectivity index (χ0) is 16.1. The van der Waals surface area contributed by atoms with E-state index in [1.54, 1.807) is 0 Å². The SMILES string of the molecule is CN=C(NCc1ccnc2ccccc12)NC1CCC(C)CC1. The topological polar surface area (TPSA) is 49.3 Å². The monoisotopic (exact) mass is 310 g/mol. The van der Waals surface area contributed by atoms with Gasteiger partial charge in [-0.15, -0.1) is 0 Å². The minimum atomic E-state index is 0.548. The van der Waals surface area contributed by atoms with Crippen LogP contribution in [0.3, 0.4) is 0 Å². The van der Waals surface area contributed by atoms with Crippen LogP contribution in [0.15, 0.2) is 41.5 Å². The summed E-state index contributed by atoms with van der Waals surface area (Å²) in [5, 5.41) is 8.21. The van der Waals surface area contributed by atoms with Crippen LogP contribution in [0.2, 0.25) is 0 Å². The van der Waals surface area contributed by atoms with Crippen LogP contribution in [0.1, 0.15) is 38.2 Å². The first-order valence-corrected chi connectivity index (χ1v) is 8.56. The number of hydrogen-bond donors (Lipinski definition) is 2. The molecule has 1 aliphatic carbocycles. The molecule has 0 atom stereocenters. The molecule has 4 nitrogen and oxygen atoms in total. The summed E-state index contributed by atoms with van der Waals surface area (Å²) < 4.78 is 0. The molecule has 122 valence electrons. The van der Waals surface area contributed by atoms with Crippen molar-refractivity contribution in [2.45, 2.75) is 45.2 Å². The molecule has 2 N–H and O–H groups in total. The van der Waals surface area contributed by atoms with Gasteiger partial charge >= 0.3 is 0 Å². The number of fused-ring (bicyclic) bond motifs is 1. The lowest BCUT2D eigenvalue weighted by atomic mass is 9.87. The number of benzene rings is 1. The number of aliphatic imine (C=N–C) groups is 1. The van der Waals surface area contributed by atoms with Crippen molar-refractivity contribution in [3.05, 3.63) is 42.1 Å². The Kier molecular flexibility index (Phi) is 5.11. The highest BCUT2D eigenvalue weighted by atomic mass is 15.2. The number of rotatable bonds is 3. The van der Waals surface area contributed by atoms with E-state index in [0.717, 1.165) is 23.9 Å². The lowest BCUT2D eigenvalue weighted by Crippen LogP contribution is -2.44. The molecule has 1 aromatic heterocycles. The molecule has 23 heavy (non-hydrogen) atoms. The van der Waals surface area contributed by atoms with Gasteiger partial charge in [-0.3, -0.25) is 9.98 Å². The number of nitrogens with zero attached hydrogens (tertiary/aromatic N) is 2. The Morgan fingerprint density at radius 1 is 1.17 bits per heavy atom. The van der Waals surface area contributed by atoms with Crippen LogP contribution in [0.5, 0.6) is 0 Å². The minimum absolute atomic E-state index is 0.548. The number of nitrogens with one attached hydrogen (secondary N) is 2. The zero-order valence-corrected chi connectivity index (χ0v) is 14.0. The van der Waals surface area contributed by atoms with Crippen molar-refractivity contribution in [1.29, 1.82) is 0 Å². The maximum absolute atomic E-state index is 4.42. The molecule has 1 aromatic carbocycles. The predicted molar refractivity (Wildman–Crippen MR) is 96.5 cm³/mol.